The standard InChI is InChI=1S/C23H19NO3/c1-23(17-14-12-16(13-15-17)21(25)27-2)19-10-6-7-11-20(19)24(22(23)26)18-8-4-3-5-9-18/h3-15H,1-2H3/t23-/m1/s1. The van der Waals surface area contributed by atoms with Crippen LogP contribution in [-0.2, 0) is 14.9 Å². The van der Waals surface area contributed by atoms with Crippen molar-refractivity contribution in [2.24, 2.45) is 0 Å². The van der Waals surface area contributed by atoms with Crippen LogP contribution >= 0.6 is 0 Å². The third-order valence-corrected chi connectivity index (χ3v) is 5.21. The number of hydrogen-bond acceptors (Lipinski definition) is 3. The van der Waals surface area contributed by atoms with E-state index in [-0.39, 0.29) is 5.91 Å². The molecule has 3 aromatic carbocycles. The summed E-state index contributed by atoms with van der Waals surface area (Å²) < 4.78 is 4.76. The highest BCUT2D eigenvalue weighted by atomic mass is 16.5. The van der Waals surface area contributed by atoms with Gasteiger partial charge in [-0.25, -0.2) is 4.79 Å². The number of esters is 1. The fraction of sp³-hybridized carbons (Fsp3) is 0.130. The summed E-state index contributed by atoms with van der Waals surface area (Å²) in [6, 6.07) is 24.5. The molecule has 1 aliphatic heterocycles. The van der Waals surface area contributed by atoms with Crippen LogP contribution in [0.5, 0.6) is 0 Å². The molecule has 0 unspecified atom stereocenters. The molecule has 0 saturated carbocycles. The van der Waals surface area contributed by atoms with E-state index in [1.165, 1.54) is 7.11 Å². The number of anilines is 2. The van der Waals surface area contributed by atoms with Crippen LogP contribution in [0.15, 0.2) is 78.9 Å². The molecule has 1 amide bonds. The van der Waals surface area contributed by atoms with Gasteiger partial charge in [0.05, 0.1) is 23.8 Å². The van der Waals surface area contributed by atoms with Crippen molar-refractivity contribution in [2.75, 3.05) is 12.0 Å². The van der Waals surface area contributed by atoms with E-state index in [1.807, 2.05) is 73.7 Å². The minimum atomic E-state index is -0.832. The first-order valence-corrected chi connectivity index (χ1v) is 8.75. The zero-order chi connectivity index (χ0) is 19.0. The molecule has 0 spiro atoms. The number of hydrogen-bond donors (Lipinski definition) is 0. The first-order chi connectivity index (χ1) is 13.1. The molecule has 27 heavy (non-hydrogen) atoms. The largest absolute Gasteiger partial charge is 0.465 e. The van der Waals surface area contributed by atoms with Gasteiger partial charge in [-0.05, 0) is 48.4 Å². The normalized spacial score (nSPS) is 18.3. The fourth-order valence-corrected chi connectivity index (χ4v) is 3.71. The molecule has 0 radical (unpaired) electrons. The molecule has 0 fully saturated rings. The van der Waals surface area contributed by atoms with Gasteiger partial charge in [-0.1, -0.05) is 48.5 Å². The van der Waals surface area contributed by atoms with E-state index in [9.17, 15) is 9.59 Å². The number of methoxy groups -OCH3 is 1. The Balaban J connectivity index is 1.85. The Hall–Kier alpha value is -3.40. The Morgan fingerprint density at radius 1 is 0.889 bits per heavy atom. The number of carbonyl (C=O) groups excluding carboxylic acids is 2. The summed E-state index contributed by atoms with van der Waals surface area (Å²) in [5.74, 6) is -0.406. The van der Waals surface area contributed by atoms with E-state index in [0.717, 1.165) is 22.5 Å². The van der Waals surface area contributed by atoms with Crippen LogP contribution in [0.25, 0.3) is 0 Å². The van der Waals surface area contributed by atoms with E-state index in [0.29, 0.717) is 5.56 Å². The van der Waals surface area contributed by atoms with Gasteiger partial charge in [0.25, 0.3) is 0 Å². The lowest BCUT2D eigenvalue weighted by Gasteiger charge is -2.25. The molecule has 4 rings (SSSR count). The van der Waals surface area contributed by atoms with Crippen LogP contribution in [-0.4, -0.2) is 19.0 Å². The monoisotopic (exact) mass is 357 g/mol. The van der Waals surface area contributed by atoms with Crippen molar-refractivity contribution >= 4 is 23.3 Å². The molecule has 0 aliphatic carbocycles. The van der Waals surface area contributed by atoms with Gasteiger partial charge in [0.15, 0.2) is 0 Å². The molecule has 1 heterocycles. The predicted octanol–water partition coefficient (Wildman–Crippen LogP) is 4.46. The molecule has 3 aromatic rings. The maximum atomic E-state index is 13.6. The predicted molar refractivity (Wildman–Crippen MR) is 104 cm³/mol. The number of carbonyl (C=O) groups is 2. The van der Waals surface area contributed by atoms with Crippen LogP contribution in [0, 0.1) is 0 Å². The second-order valence-corrected chi connectivity index (χ2v) is 6.69. The van der Waals surface area contributed by atoms with Crippen molar-refractivity contribution in [3.8, 4) is 0 Å². The number of nitrogens with zero attached hydrogens (tertiary/aromatic N) is 1. The molecular formula is C23H19NO3. The van der Waals surface area contributed by atoms with Gasteiger partial charge in [0.2, 0.25) is 5.91 Å². The van der Waals surface area contributed by atoms with E-state index < -0.39 is 11.4 Å². The topological polar surface area (TPSA) is 46.6 Å². The highest BCUT2D eigenvalue weighted by molar-refractivity contribution is 6.14. The smallest absolute Gasteiger partial charge is 0.337 e. The van der Waals surface area contributed by atoms with Gasteiger partial charge < -0.3 is 4.74 Å². The average molecular weight is 357 g/mol. The van der Waals surface area contributed by atoms with Gasteiger partial charge in [-0.15, -0.1) is 0 Å². The van der Waals surface area contributed by atoms with Crippen LogP contribution in [0.2, 0.25) is 0 Å². The highest BCUT2D eigenvalue weighted by Gasteiger charge is 2.48. The SMILES string of the molecule is COC(=O)c1ccc([C@@]2(C)C(=O)N(c3ccccc3)c3ccccc32)cc1. The van der Waals surface area contributed by atoms with E-state index in [1.54, 1.807) is 17.0 Å². The Bertz CT molecular complexity index is 1010. The lowest BCUT2D eigenvalue weighted by molar-refractivity contribution is -0.120. The lowest BCUT2D eigenvalue weighted by Crippen LogP contribution is -2.36. The van der Waals surface area contributed by atoms with Crippen molar-refractivity contribution in [1.82, 2.24) is 0 Å². The minimum absolute atomic E-state index is 0.0132. The van der Waals surface area contributed by atoms with Crippen LogP contribution < -0.4 is 4.90 Å². The highest BCUT2D eigenvalue weighted by Crippen LogP contribution is 2.48. The molecule has 0 bridgehead atoms. The van der Waals surface area contributed by atoms with Crippen molar-refractivity contribution < 1.29 is 14.3 Å². The first kappa shape index (κ1) is 17.0. The Morgan fingerprint density at radius 3 is 2.19 bits per heavy atom. The Morgan fingerprint density at radius 2 is 1.52 bits per heavy atom. The van der Waals surface area contributed by atoms with Crippen molar-refractivity contribution in [3.63, 3.8) is 0 Å². The van der Waals surface area contributed by atoms with E-state index in [2.05, 4.69) is 0 Å². The molecule has 1 atom stereocenters. The van der Waals surface area contributed by atoms with Gasteiger partial charge in [0, 0.05) is 5.69 Å². The van der Waals surface area contributed by atoms with Crippen LogP contribution in [0.1, 0.15) is 28.4 Å². The molecule has 134 valence electrons. The quantitative estimate of drug-likeness (QED) is 0.650. The summed E-state index contributed by atoms with van der Waals surface area (Å²) >= 11 is 0. The molecular weight excluding hydrogens is 338 g/mol. The summed E-state index contributed by atoms with van der Waals surface area (Å²) in [5.41, 5.74) is 3.14. The number of fused-ring (bicyclic) bond motifs is 1. The fourth-order valence-electron chi connectivity index (χ4n) is 3.71. The summed E-state index contributed by atoms with van der Waals surface area (Å²) in [7, 11) is 1.35. The lowest BCUT2D eigenvalue weighted by atomic mass is 9.77. The van der Waals surface area contributed by atoms with Crippen molar-refractivity contribution in [3.05, 3.63) is 95.6 Å². The summed E-state index contributed by atoms with van der Waals surface area (Å²) in [4.78, 5) is 27.1. The molecule has 0 aromatic heterocycles. The van der Waals surface area contributed by atoms with Crippen molar-refractivity contribution in [1.29, 1.82) is 0 Å². The second-order valence-electron chi connectivity index (χ2n) is 6.69. The third-order valence-electron chi connectivity index (χ3n) is 5.21. The number of ether oxygens (including phenoxy) is 1. The molecule has 1 aliphatic rings. The zero-order valence-electron chi connectivity index (χ0n) is 15.2. The first-order valence-electron chi connectivity index (χ1n) is 8.75. The zero-order valence-corrected chi connectivity index (χ0v) is 15.2. The van der Waals surface area contributed by atoms with Gasteiger partial charge in [-0.2, -0.15) is 0 Å². The van der Waals surface area contributed by atoms with E-state index >= 15 is 0 Å². The number of benzene rings is 3. The van der Waals surface area contributed by atoms with E-state index in [4.69, 9.17) is 4.74 Å². The van der Waals surface area contributed by atoms with Crippen molar-refractivity contribution in [2.45, 2.75) is 12.3 Å². The Labute approximate surface area is 158 Å². The molecule has 4 nitrogen and oxygen atoms in total. The molecule has 4 heteroatoms. The maximum Gasteiger partial charge on any atom is 0.337 e. The number of rotatable bonds is 3. The summed E-state index contributed by atoms with van der Waals surface area (Å²) in [6.07, 6.45) is 0. The minimum Gasteiger partial charge on any atom is -0.465 e. The maximum absolute atomic E-state index is 13.6. The molecule has 0 saturated heterocycles. The summed E-state index contributed by atoms with van der Waals surface area (Å²) in [5, 5.41) is 0. The third kappa shape index (κ3) is 2.53. The Kier molecular flexibility index (Phi) is 4.04. The van der Waals surface area contributed by atoms with Gasteiger partial charge >= 0.3 is 5.97 Å². The number of amides is 1. The molecule has 0 N–H and O–H groups in total. The summed E-state index contributed by atoms with van der Waals surface area (Å²) in [6.45, 7) is 1.93. The van der Waals surface area contributed by atoms with Crippen LogP contribution in [0.3, 0.4) is 0 Å². The second kappa shape index (κ2) is 6.40. The number of para-hydroxylation sites is 2. The average Bonchev–Trinajstić information content (AvgIpc) is 2.96. The van der Waals surface area contributed by atoms with Gasteiger partial charge in [-0.3, -0.25) is 9.69 Å². The van der Waals surface area contributed by atoms with Gasteiger partial charge in [0.1, 0.15) is 0 Å². The van der Waals surface area contributed by atoms with Crippen LogP contribution in [0.4, 0.5) is 11.4 Å².